The summed E-state index contributed by atoms with van der Waals surface area (Å²) in [6.07, 6.45) is 4.69. The SMILES string of the molecule is COCCn1ncc2c(-c3ccc4c(c3)N=CC4)nc(N3CCOCC3)nc21. The van der Waals surface area contributed by atoms with Crippen molar-refractivity contribution in [2.75, 3.05) is 44.9 Å². The fourth-order valence-electron chi connectivity index (χ4n) is 3.66. The molecule has 3 aromatic rings. The maximum Gasteiger partial charge on any atom is 0.228 e. The number of anilines is 1. The van der Waals surface area contributed by atoms with E-state index in [0.717, 1.165) is 47.5 Å². The summed E-state index contributed by atoms with van der Waals surface area (Å²) in [6.45, 7) is 4.17. The van der Waals surface area contributed by atoms with E-state index in [1.807, 2.05) is 17.1 Å². The number of hydrogen-bond acceptors (Lipinski definition) is 7. The highest BCUT2D eigenvalue weighted by molar-refractivity contribution is 5.92. The van der Waals surface area contributed by atoms with Gasteiger partial charge in [-0.3, -0.25) is 4.99 Å². The number of fused-ring (bicyclic) bond motifs is 2. The van der Waals surface area contributed by atoms with Gasteiger partial charge < -0.3 is 14.4 Å². The summed E-state index contributed by atoms with van der Waals surface area (Å²) in [7, 11) is 1.69. The number of ether oxygens (including phenoxy) is 2. The first-order valence-corrected chi connectivity index (χ1v) is 9.54. The third kappa shape index (κ3) is 3.04. The van der Waals surface area contributed by atoms with Crippen LogP contribution in [0.3, 0.4) is 0 Å². The third-order valence-corrected chi connectivity index (χ3v) is 5.19. The van der Waals surface area contributed by atoms with Gasteiger partial charge in [0.2, 0.25) is 5.95 Å². The van der Waals surface area contributed by atoms with Gasteiger partial charge in [-0.1, -0.05) is 12.1 Å². The minimum absolute atomic E-state index is 0.580. The molecule has 0 saturated carbocycles. The summed E-state index contributed by atoms with van der Waals surface area (Å²) in [5, 5.41) is 5.48. The van der Waals surface area contributed by atoms with Crippen LogP contribution in [0.4, 0.5) is 11.6 Å². The molecule has 0 amide bonds. The average molecular weight is 378 g/mol. The highest BCUT2D eigenvalue weighted by atomic mass is 16.5. The molecular formula is C20H22N6O2. The smallest absolute Gasteiger partial charge is 0.228 e. The molecule has 2 aliphatic rings. The lowest BCUT2D eigenvalue weighted by atomic mass is 10.0. The van der Waals surface area contributed by atoms with E-state index in [1.165, 1.54) is 5.56 Å². The van der Waals surface area contributed by atoms with Gasteiger partial charge >= 0.3 is 0 Å². The van der Waals surface area contributed by atoms with E-state index in [2.05, 4.69) is 33.2 Å². The Hall–Kier alpha value is -2.84. The van der Waals surface area contributed by atoms with Crippen molar-refractivity contribution in [3.05, 3.63) is 30.0 Å². The zero-order chi connectivity index (χ0) is 18.9. The number of nitrogens with zero attached hydrogens (tertiary/aromatic N) is 6. The van der Waals surface area contributed by atoms with Crippen LogP contribution >= 0.6 is 0 Å². The third-order valence-electron chi connectivity index (χ3n) is 5.19. The second-order valence-electron chi connectivity index (χ2n) is 6.93. The minimum atomic E-state index is 0.580. The van der Waals surface area contributed by atoms with Gasteiger partial charge in [-0.15, -0.1) is 0 Å². The molecule has 144 valence electrons. The maximum absolute atomic E-state index is 5.49. The number of methoxy groups -OCH3 is 1. The Kier molecular flexibility index (Phi) is 4.50. The van der Waals surface area contributed by atoms with Crippen LogP contribution < -0.4 is 4.90 Å². The highest BCUT2D eigenvalue weighted by Gasteiger charge is 2.20. The van der Waals surface area contributed by atoms with E-state index < -0.39 is 0 Å². The van der Waals surface area contributed by atoms with Gasteiger partial charge in [0.05, 0.1) is 49.3 Å². The molecule has 8 heteroatoms. The molecule has 0 radical (unpaired) electrons. The second kappa shape index (κ2) is 7.29. The average Bonchev–Trinajstić information content (AvgIpc) is 3.38. The highest BCUT2D eigenvalue weighted by Crippen LogP contribution is 2.33. The maximum atomic E-state index is 5.49. The summed E-state index contributed by atoms with van der Waals surface area (Å²) in [4.78, 5) is 16.4. The van der Waals surface area contributed by atoms with E-state index in [-0.39, 0.29) is 0 Å². The molecule has 0 bridgehead atoms. The number of aliphatic imine (C=N–C) groups is 1. The first-order valence-electron chi connectivity index (χ1n) is 9.54. The molecule has 0 unspecified atom stereocenters. The van der Waals surface area contributed by atoms with Crippen LogP contribution in [0.15, 0.2) is 29.4 Å². The zero-order valence-corrected chi connectivity index (χ0v) is 15.8. The fraction of sp³-hybridized carbons (Fsp3) is 0.400. The Morgan fingerprint density at radius 3 is 2.93 bits per heavy atom. The molecule has 0 N–H and O–H groups in total. The van der Waals surface area contributed by atoms with Gasteiger partial charge in [0.1, 0.15) is 0 Å². The topological polar surface area (TPSA) is 77.7 Å². The number of morpholine rings is 1. The van der Waals surface area contributed by atoms with Crippen molar-refractivity contribution in [1.29, 1.82) is 0 Å². The predicted octanol–water partition coefficient (Wildman–Crippen LogP) is 2.23. The lowest BCUT2D eigenvalue weighted by Crippen LogP contribution is -2.37. The van der Waals surface area contributed by atoms with E-state index in [1.54, 1.807) is 7.11 Å². The van der Waals surface area contributed by atoms with Gasteiger partial charge in [0, 0.05) is 38.4 Å². The van der Waals surface area contributed by atoms with Crippen LogP contribution in [0.25, 0.3) is 22.3 Å². The lowest BCUT2D eigenvalue weighted by molar-refractivity contribution is 0.122. The molecule has 8 nitrogen and oxygen atoms in total. The Balaban J connectivity index is 1.65. The molecule has 4 heterocycles. The normalized spacial score (nSPS) is 16.1. The Bertz CT molecular complexity index is 1040. The molecule has 1 aromatic carbocycles. The van der Waals surface area contributed by atoms with Crippen LogP contribution in [-0.2, 0) is 22.4 Å². The molecule has 1 saturated heterocycles. The van der Waals surface area contributed by atoms with Gasteiger partial charge in [0.25, 0.3) is 0 Å². The second-order valence-corrected chi connectivity index (χ2v) is 6.93. The van der Waals surface area contributed by atoms with Crippen LogP contribution in [0.1, 0.15) is 5.56 Å². The lowest BCUT2D eigenvalue weighted by Gasteiger charge is -2.27. The van der Waals surface area contributed by atoms with Crippen molar-refractivity contribution in [2.24, 2.45) is 4.99 Å². The van der Waals surface area contributed by atoms with E-state index in [0.29, 0.717) is 32.3 Å². The van der Waals surface area contributed by atoms with Crippen molar-refractivity contribution in [3.8, 4) is 11.3 Å². The summed E-state index contributed by atoms with van der Waals surface area (Å²) < 4.78 is 12.6. The van der Waals surface area contributed by atoms with Gasteiger partial charge in [-0.05, 0) is 11.6 Å². The number of benzene rings is 1. The summed E-state index contributed by atoms with van der Waals surface area (Å²) in [5.41, 5.74) is 5.01. The quantitative estimate of drug-likeness (QED) is 0.678. The number of hydrogen-bond donors (Lipinski definition) is 0. The van der Waals surface area contributed by atoms with Crippen molar-refractivity contribution in [3.63, 3.8) is 0 Å². The van der Waals surface area contributed by atoms with E-state index in [9.17, 15) is 0 Å². The molecular weight excluding hydrogens is 356 g/mol. The molecule has 1 fully saturated rings. The first kappa shape index (κ1) is 17.3. The van der Waals surface area contributed by atoms with E-state index in [4.69, 9.17) is 19.4 Å². The Morgan fingerprint density at radius 1 is 1.18 bits per heavy atom. The number of rotatable bonds is 5. The van der Waals surface area contributed by atoms with Gasteiger partial charge in [-0.2, -0.15) is 10.1 Å². The molecule has 2 aromatic heterocycles. The molecule has 2 aliphatic heterocycles. The Morgan fingerprint density at radius 2 is 2.07 bits per heavy atom. The van der Waals surface area contributed by atoms with Crippen LogP contribution in [0, 0.1) is 0 Å². The summed E-state index contributed by atoms with van der Waals surface area (Å²) in [6, 6.07) is 6.36. The van der Waals surface area contributed by atoms with Crippen molar-refractivity contribution >= 4 is 28.9 Å². The molecule has 5 rings (SSSR count). The first-order chi connectivity index (χ1) is 13.8. The summed E-state index contributed by atoms with van der Waals surface area (Å²) in [5.74, 6) is 0.717. The van der Waals surface area contributed by atoms with Crippen molar-refractivity contribution in [1.82, 2.24) is 19.7 Å². The number of aromatic nitrogens is 4. The largest absolute Gasteiger partial charge is 0.383 e. The zero-order valence-electron chi connectivity index (χ0n) is 15.8. The molecule has 28 heavy (non-hydrogen) atoms. The predicted molar refractivity (Wildman–Crippen MR) is 108 cm³/mol. The van der Waals surface area contributed by atoms with Crippen molar-refractivity contribution < 1.29 is 9.47 Å². The fourth-order valence-corrected chi connectivity index (χ4v) is 3.66. The van der Waals surface area contributed by atoms with Gasteiger partial charge in [0.15, 0.2) is 5.65 Å². The van der Waals surface area contributed by atoms with E-state index >= 15 is 0 Å². The standard InChI is InChI=1S/C20H22N6O2/c1-27-9-8-26-19-16(13-22-26)18(15-3-2-14-4-5-21-17(14)12-15)23-20(24-19)25-6-10-28-11-7-25/h2-3,5,12-13H,4,6-11H2,1H3. The Labute approximate surface area is 162 Å². The van der Waals surface area contributed by atoms with Crippen LogP contribution in [0.2, 0.25) is 0 Å². The van der Waals surface area contributed by atoms with Gasteiger partial charge in [-0.25, -0.2) is 9.67 Å². The molecule has 0 atom stereocenters. The molecule has 0 spiro atoms. The molecule has 0 aliphatic carbocycles. The monoisotopic (exact) mass is 378 g/mol. The van der Waals surface area contributed by atoms with Crippen LogP contribution in [-0.4, -0.2) is 66.0 Å². The van der Waals surface area contributed by atoms with Crippen LogP contribution in [0.5, 0.6) is 0 Å². The van der Waals surface area contributed by atoms with Crippen molar-refractivity contribution in [2.45, 2.75) is 13.0 Å². The minimum Gasteiger partial charge on any atom is -0.383 e. The summed E-state index contributed by atoms with van der Waals surface area (Å²) >= 11 is 0.